The molecule has 1 heterocycles. The number of hydrogen-bond donors (Lipinski definition) is 2. The van der Waals surface area contributed by atoms with Crippen LogP contribution in [0, 0.1) is 0 Å². The Morgan fingerprint density at radius 3 is 2.70 bits per heavy atom. The van der Waals surface area contributed by atoms with Gasteiger partial charge in [0.15, 0.2) is 0 Å². The molecular formula is C16H25N3O3S. The van der Waals surface area contributed by atoms with E-state index in [1.54, 1.807) is 0 Å². The molecule has 0 radical (unpaired) electrons. The highest BCUT2D eigenvalue weighted by atomic mass is 32.2. The Kier molecular flexibility index (Phi) is 6.41. The third-order valence-corrected chi connectivity index (χ3v) is 4.67. The van der Waals surface area contributed by atoms with Gasteiger partial charge in [-0.15, -0.1) is 0 Å². The molecule has 6 nitrogen and oxygen atoms in total. The number of carbonyl (C=O) groups is 1. The Balaban J connectivity index is 1.75. The van der Waals surface area contributed by atoms with Gasteiger partial charge in [-0.2, -0.15) is 0 Å². The lowest BCUT2D eigenvalue weighted by Gasteiger charge is -2.25. The van der Waals surface area contributed by atoms with E-state index in [2.05, 4.69) is 22.2 Å². The molecule has 23 heavy (non-hydrogen) atoms. The fourth-order valence-electron chi connectivity index (χ4n) is 2.84. The van der Waals surface area contributed by atoms with Crippen molar-refractivity contribution in [1.29, 1.82) is 0 Å². The Bertz CT molecular complexity index is 604. The summed E-state index contributed by atoms with van der Waals surface area (Å²) in [5.41, 5.74) is 1.24. The first kappa shape index (κ1) is 17.7. The molecule has 1 fully saturated rings. The van der Waals surface area contributed by atoms with Crippen LogP contribution in [0.1, 0.15) is 24.8 Å². The van der Waals surface area contributed by atoms with Crippen LogP contribution in [0.15, 0.2) is 30.3 Å². The lowest BCUT2D eigenvalue weighted by Crippen LogP contribution is -2.44. The minimum Gasteiger partial charge on any atom is -0.338 e. The van der Waals surface area contributed by atoms with Crippen LogP contribution in [0.5, 0.6) is 0 Å². The summed E-state index contributed by atoms with van der Waals surface area (Å²) < 4.78 is 24.3. The normalized spacial score (nSPS) is 18.1. The van der Waals surface area contributed by atoms with Crippen LogP contribution in [0.25, 0.3) is 0 Å². The summed E-state index contributed by atoms with van der Waals surface area (Å²) in [5.74, 6) is 0. The van der Waals surface area contributed by atoms with Gasteiger partial charge in [0.25, 0.3) is 0 Å². The number of likely N-dealkylation sites (tertiary alicyclic amines) is 1. The van der Waals surface area contributed by atoms with Crippen molar-refractivity contribution in [2.24, 2.45) is 0 Å². The van der Waals surface area contributed by atoms with Crippen LogP contribution in [-0.2, 0) is 16.4 Å². The van der Waals surface area contributed by atoms with Gasteiger partial charge in [0, 0.05) is 25.7 Å². The van der Waals surface area contributed by atoms with Crippen LogP contribution >= 0.6 is 0 Å². The molecule has 1 atom stereocenters. The molecule has 128 valence electrons. The average molecular weight is 339 g/mol. The van der Waals surface area contributed by atoms with Crippen LogP contribution in [0.3, 0.4) is 0 Å². The number of nitrogens with zero attached hydrogens (tertiary/aromatic N) is 1. The molecule has 0 aliphatic carbocycles. The standard InChI is InChI=1S/C16H25N3O3S/c1-23(21,22)18-11-6-10-17-16(20)19-12-5-9-15(19)13-14-7-3-2-4-8-14/h2-4,7-8,15,18H,5-6,9-13H2,1H3,(H,17,20)/t15-/m1/s1. The minimum absolute atomic E-state index is 0.0530. The molecule has 1 aliphatic heterocycles. The zero-order chi connectivity index (χ0) is 16.7. The maximum absolute atomic E-state index is 12.3. The Morgan fingerprint density at radius 2 is 2.00 bits per heavy atom. The van der Waals surface area contributed by atoms with Crippen molar-refractivity contribution in [3.05, 3.63) is 35.9 Å². The molecule has 7 heteroatoms. The van der Waals surface area contributed by atoms with E-state index in [1.807, 2.05) is 23.1 Å². The molecular weight excluding hydrogens is 314 g/mol. The quantitative estimate of drug-likeness (QED) is 0.736. The van der Waals surface area contributed by atoms with Crippen molar-refractivity contribution < 1.29 is 13.2 Å². The van der Waals surface area contributed by atoms with Crippen molar-refractivity contribution in [1.82, 2.24) is 14.9 Å². The highest BCUT2D eigenvalue weighted by molar-refractivity contribution is 7.88. The van der Waals surface area contributed by atoms with Crippen LogP contribution in [-0.4, -0.2) is 51.3 Å². The third-order valence-electron chi connectivity index (χ3n) is 3.95. The van der Waals surface area contributed by atoms with E-state index in [1.165, 1.54) is 5.56 Å². The van der Waals surface area contributed by atoms with Crippen LogP contribution in [0.4, 0.5) is 4.79 Å². The maximum Gasteiger partial charge on any atom is 0.317 e. The summed E-state index contributed by atoms with van der Waals surface area (Å²) in [6.45, 7) is 1.59. The first-order valence-corrected chi connectivity index (χ1v) is 9.88. The molecule has 1 aromatic rings. The largest absolute Gasteiger partial charge is 0.338 e. The molecule has 1 aliphatic rings. The summed E-state index contributed by atoms with van der Waals surface area (Å²) in [6.07, 6.45) is 4.64. The predicted octanol–water partition coefficient (Wildman–Crippen LogP) is 1.34. The summed E-state index contributed by atoms with van der Waals surface area (Å²) in [4.78, 5) is 14.2. The number of hydrogen-bond acceptors (Lipinski definition) is 3. The number of carbonyl (C=O) groups excluding carboxylic acids is 1. The summed E-state index contributed by atoms with van der Waals surface area (Å²) in [5, 5.41) is 2.88. The van der Waals surface area contributed by atoms with Crippen molar-refractivity contribution in [2.75, 3.05) is 25.9 Å². The molecule has 0 unspecified atom stereocenters. The third kappa shape index (κ3) is 6.19. The van der Waals surface area contributed by atoms with Gasteiger partial charge >= 0.3 is 6.03 Å². The van der Waals surface area contributed by atoms with Gasteiger partial charge in [-0.25, -0.2) is 17.9 Å². The van der Waals surface area contributed by atoms with Crippen molar-refractivity contribution >= 4 is 16.1 Å². The monoisotopic (exact) mass is 339 g/mol. The fraction of sp³-hybridized carbons (Fsp3) is 0.562. The summed E-state index contributed by atoms with van der Waals surface area (Å²) in [6, 6.07) is 10.4. The number of urea groups is 1. The maximum atomic E-state index is 12.3. The molecule has 2 rings (SSSR count). The van der Waals surface area contributed by atoms with Gasteiger partial charge in [0.2, 0.25) is 10.0 Å². The van der Waals surface area contributed by atoms with Gasteiger partial charge in [-0.05, 0) is 31.2 Å². The van der Waals surface area contributed by atoms with E-state index in [0.29, 0.717) is 19.5 Å². The number of amides is 2. The van der Waals surface area contributed by atoms with Crippen LogP contribution in [0.2, 0.25) is 0 Å². The lowest BCUT2D eigenvalue weighted by molar-refractivity contribution is 0.192. The predicted molar refractivity (Wildman–Crippen MR) is 90.7 cm³/mol. The number of nitrogens with one attached hydrogen (secondary N) is 2. The van der Waals surface area contributed by atoms with Crippen molar-refractivity contribution in [3.63, 3.8) is 0 Å². The van der Waals surface area contributed by atoms with Gasteiger partial charge in [0.1, 0.15) is 0 Å². The molecule has 0 aromatic heterocycles. The Hall–Kier alpha value is -1.60. The van der Waals surface area contributed by atoms with Gasteiger partial charge in [0.05, 0.1) is 6.26 Å². The van der Waals surface area contributed by atoms with E-state index in [9.17, 15) is 13.2 Å². The molecule has 0 spiro atoms. The first-order chi connectivity index (χ1) is 11.0. The van der Waals surface area contributed by atoms with Gasteiger partial charge in [-0.3, -0.25) is 0 Å². The second kappa shape index (κ2) is 8.31. The van der Waals surface area contributed by atoms with Gasteiger partial charge < -0.3 is 10.2 Å². The van der Waals surface area contributed by atoms with E-state index < -0.39 is 10.0 Å². The highest BCUT2D eigenvalue weighted by Gasteiger charge is 2.28. The topological polar surface area (TPSA) is 78.5 Å². The molecule has 0 bridgehead atoms. The Labute approximate surface area is 138 Å². The molecule has 1 aromatic carbocycles. The minimum atomic E-state index is -3.16. The number of rotatable bonds is 7. The van der Waals surface area contributed by atoms with Gasteiger partial charge in [-0.1, -0.05) is 30.3 Å². The fourth-order valence-corrected chi connectivity index (χ4v) is 3.36. The second-order valence-electron chi connectivity index (χ2n) is 5.93. The Morgan fingerprint density at radius 1 is 1.26 bits per heavy atom. The van der Waals surface area contributed by atoms with Crippen molar-refractivity contribution in [2.45, 2.75) is 31.7 Å². The molecule has 2 N–H and O–H groups in total. The van der Waals surface area contributed by atoms with E-state index in [-0.39, 0.29) is 12.1 Å². The second-order valence-corrected chi connectivity index (χ2v) is 7.76. The van der Waals surface area contributed by atoms with E-state index >= 15 is 0 Å². The zero-order valence-electron chi connectivity index (χ0n) is 13.5. The first-order valence-electron chi connectivity index (χ1n) is 7.99. The molecule has 0 saturated carbocycles. The zero-order valence-corrected chi connectivity index (χ0v) is 14.3. The molecule has 2 amide bonds. The molecule has 1 saturated heterocycles. The van der Waals surface area contributed by atoms with Crippen molar-refractivity contribution in [3.8, 4) is 0 Å². The number of benzene rings is 1. The van der Waals surface area contributed by atoms with E-state index in [4.69, 9.17) is 0 Å². The highest BCUT2D eigenvalue weighted by Crippen LogP contribution is 2.21. The van der Waals surface area contributed by atoms with E-state index in [0.717, 1.165) is 32.1 Å². The SMILES string of the molecule is CS(=O)(=O)NCCCNC(=O)N1CCC[C@@H]1Cc1ccccc1. The smallest absolute Gasteiger partial charge is 0.317 e. The van der Waals surface area contributed by atoms with Crippen LogP contribution < -0.4 is 10.0 Å². The average Bonchev–Trinajstić information content (AvgIpc) is 2.95. The number of sulfonamides is 1. The summed E-state index contributed by atoms with van der Waals surface area (Å²) in [7, 11) is -3.16. The lowest BCUT2D eigenvalue weighted by atomic mass is 10.0. The summed E-state index contributed by atoms with van der Waals surface area (Å²) >= 11 is 0.